The van der Waals surface area contributed by atoms with Gasteiger partial charge in [-0.1, -0.05) is 37.3 Å². The molecule has 1 N–H and O–H groups in total. The van der Waals surface area contributed by atoms with Crippen LogP contribution in [0.25, 0.3) is 10.4 Å². The molecule has 1 aliphatic rings. The zero-order chi connectivity index (χ0) is 19.9. The number of anilines is 1. The first-order valence-corrected chi connectivity index (χ1v) is 10.4. The third kappa shape index (κ3) is 4.79. The van der Waals surface area contributed by atoms with Gasteiger partial charge in [0, 0.05) is 24.6 Å². The number of rotatable bonds is 7. The van der Waals surface area contributed by atoms with Gasteiger partial charge in [0.15, 0.2) is 0 Å². The second-order valence-electron chi connectivity index (χ2n) is 6.63. The summed E-state index contributed by atoms with van der Waals surface area (Å²) in [6.07, 6.45) is 0.852. The second kappa shape index (κ2) is 9.82. The lowest BCUT2D eigenvalue weighted by atomic mass is 10.1. The van der Waals surface area contributed by atoms with Crippen molar-refractivity contribution in [3.8, 4) is 10.4 Å². The minimum atomic E-state index is -0.245. The Balaban J connectivity index is 1.91. The number of amides is 2. The lowest BCUT2D eigenvalue weighted by Gasteiger charge is -2.27. The minimum Gasteiger partial charge on any atom is -0.378 e. The summed E-state index contributed by atoms with van der Waals surface area (Å²) in [6, 6.07) is 9.92. The highest BCUT2D eigenvalue weighted by Crippen LogP contribution is 2.40. The fourth-order valence-corrected chi connectivity index (χ4v) is 4.34. The number of carbonyl (C=O) groups is 2. The van der Waals surface area contributed by atoms with E-state index in [9.17, 15) is 9.59 Å². The molecule has 2 amide bonds. The quantitative estimate of drug-likeness (QED) is 0.719. The molecule has 0 saturated carbocycles. The van der Waals surface area contributed by atoms with Crippen molar-refractivity contribution in [1.82, 2.24) is 4.90 Å². The Kier molecular flexibility index (Phi) is 7.19. The normalized spacial score (nSPS) is 14.1. The van der Waals surface area contributed by atoms with Crippen molar-refractivity contribution in [2.24, 2.45) is 0 Å². The van der Waals surface area contributed by atoms with Crippen LogP contribution in [0, 0.1) is 6.92 Å². The SMILES string of the molecule is CCCOCC(=O)Nc1sc(-c2ccccc2)c(C)c1C(=O)N1CCOCC1. The fraction of sp³-hybridized carbons (Fsp3) is 0.429. The van der Waals surface area contributed by atoms with Crippen LogP contribution in [0.3, 0.4) is 0 Å². The Morgan fingerprint density at radius 1 is 1.21 bits per heavy atom. The summed E-state index contributed by atoms with van der Waals surface area (Å²) in [4.78, 5) is 28.3. The van der Waals surface area contributed by atoms with E-state index in [0.717, 1.165) is 22.4 Å². The molecule has 1 saturated heterocycles. The van der Waals surface area contributed by atoms with E-state index in [-0.39, 0.29) is 18.4 Å². The molecule has 1 aromatic carbocycles. The molecule has 0 atom stereocenters. The van der Waals surface area contributed by atoms with Crippen molar-refractivity contribution in [1.29, 1.82) is 0 Å². The van der Waals surface area contributed by atoms with Gasteiger partial charge in [0.25, 0.3) is 11.8 Å². The lowest BCUT2D eigenvalue weighted by molar-refractivity contribution is -0.120. The molecule has 7 heteroatoms. The lowest BCUT2D eigenvalue weighted by Crippen LogP contribution is -2.41. The number of hydrogen-bond acceptors (Lipinski definition) is 5. The van der Waals surface area contributed by atoms with Crippen LogP contribution in [0.15, 0.2) is 30.3 Å². The number of benzene rings is 1. The number of hydrogen-bond donors (Lipinski definition) is 1. The number of ether oxygens (including phenoxy) is 2. The first-order valence-electron chi connectivity index (χ1n) is 9.55. The van der Waals surface area contributed by atoms with Crippen LogP contribution in [0.1, 0.15) is 29.3 Å². The molecule has 150 valence electrons. The Morgan fingerprint density at radius 3 is 2.61 bits per heavy atom. The van der Waals surface area contributed by atoms with Gasteiger partial charge in [-0.3, -0.25) is 9.59 Å². The van der Waals surface area contributed by atoms with E-state index in [0.29, 0.717) is 43.5 Å². The van der Waals surface area contributed by atoms with Gasteiger partial charge in [0.1, 0.15) is 11.6 Å². The van der Waals surface area contributed by atoms with Gasteiger partial charge in [-0.2, -0.15) is 0 Å². The third-order valence-electron chi connectivity index (χ3n) is 4.53. The van der Waals surface area contributed by atoms with Crippen molar-refractivity contribution in [2.75, 3.05) is 44.8 Å². The summed E-state index contributed by atoms with van der Waals surface area (Å²) in [5.74, 6) is -0.311. The molecule has 1 fully saturated rings. The minimum absolute atomic E-state index is 0.0172. The van der Waals surface area contributed by atoms with Crippen LogP contribution in [-0.4, -0.2) is 56.2 Å². The molecule has 2 aromatic rings. The van der Waals surface area contributed by atoms with Gasteiger partial charge >= 0.3 is 0 Å². The summed E-state index contributed by atoms with van der Waals surface area (Å²) in [6.45, 7) is 6.63. The zero-order valence-corrected chi connectivity index (χ0v) is 17.1. The van der Waals surface area contributed by atoms with E-state index in [1.165, 1.54) is 11.3 Å². The molecule has 0 spiro atoms. The van der Waals surface area contributed by atoms with Gasteiger partial charge < -0.3 is 19.7 Å². The highest BCUT2D eigenvalue weighted by Gasteiger charge is 2.27. The maximum absolute atomic E-state index is 13.2. The van der Waals surface area contributed by atoms with Crippen LogP contribution in [0.4, 0.5) is 5.00 Å². The van der Waals surface area contributed by atoms with Crippen LogP contribution < -0.4 is 5.32 Å². The Bertz CT molecular complexity index is 813. The molecule has 3 rings (SSSR count). The second-order valence-corrected chi connectivity index (χ2v) is 7.65. The molecule has 28 heavy (non-hydrogen) atoms. The van der Waals surface area contributed by atoms with Crippen molar-refractivity contribution < 1.29 is 19.1 Å². The van der Waals surface area contributed by atoms with E-state index in [2.05, 4.69) is 5.32 Å². The third-order valence-corrected chi connectivity index (χ3v) is 5.79. The van der Waals surface area contributed by atoms with Crippen LogP contribution in [0.5, 0.6) is 0 Å². The summed E-state index contributed by atoms with van der Waals surface area (Å²) in [5, 5.41) is 3.48. The number of thiophene rings is 1. The van der Waals surface area contributed by atoms with Crippen molar-refractivity contribution in [3.05, 3.63) is 41.5 Å². The summed E-state index contributed by atoms with van der Waals surface area (Å²) >= 11 is 1.43. The van der Waals surface area contributed by atoms with E-state index in [1.807, 2.05) is 44.2 Å². The van der Waals surface area contributed by atoms with Gasteiger partial charge in [0.2, 0.25) is 0 Å². The predicted octanol–water partition coefficient (Wildman–Crippen LogP) is 3.56. The molecule has 2 heterocycles. The van der Waals surface area contributed by atoms with Crippen LogP contribution in [0.2, 0.25) is 0 Å². The van der Waals surface area contributed by atoms with Gasteiger partial charge in [-0.15, -0.1) is 11.3 Å². The number of nitrogens with one attached hydrogen (secondary N) is 1. The van der Waals surface area contributed by atoms with Crippen molar-refractivity contribution >= 4 is 28.2 Å². The maximum Gasteiger partial charge on any atom is 0.257 e. The monoisotopic (exact) mass is 402 g/mol. The van der Waals surface area contributed by atoms with Gasteiger partial charge in [-0.25, -0.2) is 0 Å². The molecule has 6 nitrogen and oxygen atoms in total. The van der Waals surface area contributed by atoms with E-state index in [1.54, 1.807) is 4.90 Å². The smallest absolute Gasteiger partial charge is 0.257 e. The maximum atomic E-state index is 13.2. The number of nitrogens with zero attached hydrogens (tertiary/aromatic N) is 1. The summed E-state index contributed by atoms with van der Waals surface area (Å²) in [5.41, 5.74) is 2.48. The highest BCUT2D eigenvalue weighted by molar-refractivity contribution is 7.20. The molecular weight excluding hydrogens is 376 g/mol. The number of morpholine rings is 1. The first kappa shape index (κ1) is 20.5. The van der Waals surface area contributed by atoms with Gasteiger partial charge in [0.05, 0.1) is 18.8 Å². The molecule has 0 aliphatic carbocycles. The van der Waals surface area contributed by atoms with Gasteiger partial charge in [-0.05, 0) is 24.5 Å². The predicted molar refractivity (Wildman–Crippen MR) is 111 cm³/mol. The van der Waals surface area contributed by atoms with Crippen LogP contribution >= 0.6 is 11.3 Å². The fourth-order valence-electron chi connectivity index (χ4n) is 3.12. The molecule has 0 bridgehead atoms. The topological polar surface area (TPSA) is 67.9 Å². The number of carbonyl (C=O) groups excluding carboxylic acids is 2. The average molecular weight is 403 g/mol. The molecule has 1 aliphatic heterocycles. The molecule has 0 radical (unpaired) electrons. The Labute approximate surface area is 169 Å². The van der Waals surface area contributed by atoms with Crippen molar-refractivity contribution in [3.63, 3.8) is 0 Å². The first-order chi connectivity index (χ1) is 13.6. The zero-order valence-electron chi connectivity index (χ0n) is 16.3. The molecule has 1 aromatic heterocycles. The van der Waals surface area contributed by atoms with E-state index < -0.39 is 0 Å². The standard InChI is InChI=1S/C21H26N2O4S/c1-3-11-27-14-17(24)22-20-18(21(25)23-9-12-26-13-10-23)15(2)19(28-20)16-7-5-4-6-8-16/h4-8H,3,9-14H2,1-2H3,(H,22,24). The van der Waals surface area contributed by atoms with Crippen LogP contribution in [-0.2, 0) is 14.3 Å². The largest absolute Gasteiger partial charge is 0.378 e. The highest BCUT2D eigenvalue weighted by atomic mass is 32.1. The molecule has 0 unspecified atom stereocenters. The Hall–Kier alpha value is -2.22. The Morgan fingerprint density at radius 2 is 1.93 bits per heavy atom. The average Bonchev–Trinajstić information content (AvgIpc) is 3.04. The van der Waals surface area contributed by atoms with E-state index >= 15 is 0 Å². The summed E-state index contributed by atoms with van der Waals surface area (Å²) in [7, 11) is 0. The molecular formula is C21H26N2O4S. The summed E-state index contributed by atoms with van der Waals surface area (Å²) < 4.78 is 10.7. The van der Waals surface area contributed by atoms with Crippen molar-refractivity contribution in [2.45, 2.75) is 20.3 Å². The van der Waals surface area contributed by atoms with E-state index in [4.69, 9.17) is 9.47 Å².